The number of ether oxygens (including phenoxy) is 2. The van der Waals surface area contributed by atoms with Crippen LogP contribution < -0.4 is 14.8 Å². The Labute approximate surface area is 151 Å². The van der Waals surface area contributed by atoms with Crippen molar-refractivity contribution in [3.05, 3.63) is 51.2 Å². The minimum atomic E-state index is -0.365. The minimum absolute atomic E-state index is 0.109. The van der Waals surface area contributed by atoms with Crippen LogP contribution in [0.3, 0.4) is 0 Å². The van der Waals surface area contributed by atoms with Crippen molar-refractivity contribution in [3.63, 3.8) is 0 Å². The van der Waals surface area contributed by atoms with Crippen LogP contribution >= 0.6 is 11.3 Å². The molecule has 0 radical (unpaired) electrons. The lowest BCUT2D eigenvalue weighted by molar-refractivity contribution is -0.117. The molecule has 6 heteroatoms. The first kappa shape index (κ1) is 18.6. The molecule has 0 atom stereocenters. The van der Waals surface area contributed by atoms with Gasteiger partial charge in [0.25, 0.3) is 5.91 Å². The van der Waals surface area contributed by atoms with Crippen LogP contribution in [0.4, 0.5) is 0 Å². The Morgan fingerprint density at radius 3 is 2.64 bits per heavy atom. The number of rotatable bonds is 7. The number of carbonyl (C=O) groups excluding carboxylic acids is 1. The second-order valence-corrected chi connectivity index (χ2v) is 6.28. The van der Waals surface area contributed by atoms with Gasteiger partial charge in [-0.05, 0) is 54.1 Å². The predicted octanol–water partition coefficient (Wildman–Crippen LogP) is 3.34. The third kappa shape index (κ3) is 4.85. The number of carbonyl (C=O) groups is 1. The van der Waals surface area contributed by atoms with Crippen molar-refractivity contribution in [2.75, 3.05) is 20.8 Å². The number of thiophene rings is 1. The Balaban J connectivity index is 1.97. The van der Waals surface area contributed by atoms with E-state index in [1.807, 2.05) is 42.6 Å². The second-order valence-electron chi connectivity index (χ2n) is 5.33. The molecule has 0 aliphatic rings. The number of aryl methyl sites for hydroxylation is 1. The van der Waals surface area contributed by atoms with Gasteiger partial charge in [-0.1, -0.05) is 6.07 Å². The molecule has 0 spiro atoms. The molecule has 1 N–H and O–H groups in total. The smallest absolute Gasteiger partial charge is 0.261 e. The Bertz CT molecular complexity index is 818. The van der Waals surface area contributed by atoms with Crippen molar-refractivity contribution in [1.29, 1.82) is 5.26 Å². The summed E-state index contributed by atoms with van der Waals surface area (Å²) in [5.74, 6) is 0.948. The fourth-order valence-corrected chi connectivity index (χ4v) is 3.12. The van der Waals surface area contributed by atoms with Gasteiger partial charge in [0.15, 0.2) is 11.5 Å². The summed E-state index contributed by atoms with van der Waals surface area (Å²) < 4.78 is 10.5. The number of nitriles is 1. The van der Waals surface area contributed by atoms with Crippen LogP contribution in [-0.2, 0) is 11.2 Å². The molecule has 0 bridgehead atoms. The monoisotopic (exact) mass is 356 g/mol. The van der Waals surface area contributed by atoms with Gasteiger partial charge in [-0.2, -0.15) is 5.26 Å². The Kier molecular flexibility index (Phi) is 6.61. The Hall–Kier alpha value is -2.78. The van der Waals surface area contributed by atoms with E-state index in [-0.39, 0.29) is 11.5 Å². The van der Waals surface area contributed by atoms with Crippen LogP contribution in [0.25, 0.3) is 6.08 Å². The molecule has 25 heavy (non-hydrogen) atoms. The maximum atomic E-state index is 12.2. The molecule has 0 saturated heterocycles. The molecule has 2 rings (SSSR count). The van der Waals surface area contributed by atoms with Gasteiger partial charge in [0.1, 0.15) is 11.6 Å². The minimum Gasteiger partial charge on any atom is -0.493 e. The first-order valence-electron chi connectivity index (χ1n) is 7.74. The topological polar surface area (TPSA) is 71.3 Å². The molecule has 5 nitrogen and oxygen atoms in total. The van der Waals surface area contributed by atoms with Gasteiger partial charge in [0.2, 0.25) is 0 Å². The van der Waals surface area contributed by atoms with E-state index in [4.69, 9.17) is 9.47 Å². The van der Waals surface area contributed by atoms with Crippen LogP contribution in [0.5, 0.6) is 11.5 Å². The van der Waals surface area contributed by atoms with E-state index in [1.165, 1.54) is 11.3 Å². The van der Waals surface area contributed by atoms with Crippen molar-refractivity contribution in [1.82, 2.24) is 5.32 Å². The molecule has 0 fully saturated rings. The largest absolute Gasteiger partial charge is 0.493 e. The van der Waals surface area contributed by atoms with Crippen molar-refractivity contribution < 1.29 is 14.3 Å². The van der Waals surface area contributed by atoms with Gasteiger partial charge < -0.3 is 14.8 Å². The lowest BCUT2D eigenvalue weighted by Gasteiger charge is -2.10. The highest BCUT2D eigenvalue weighted by Crippen LogP contribution is 2.27. The lowest BCUT2D eigenvalue weighted by atomic mass is 10.1. The number of hydrogen-bond donors (Lipinski definition) is 1. The van der Waals surface area contributed by atoms with Gasteiger partial charge >= 0.3 is 0 Å². The van der Waals surface area contributed by atoms with Gasteiger partial charge in [-0.15, -0.1) is 11.3 Å². The highest BCUT2D eigenvalue weighted by atomic mass is 32.1. The van der Waals surface area contributed by atoms with E-state index >= 15 is 0 Å². The zero-order valence-electron chi connectivity index (χ0n) is 14.5. The molecule has 1 heterocycles. The number of benzene rings is 1. The summed E-state index contributed by atoms with van der Waals surface area (Å²) in [6.07, 6.45) is 2.26. The fourth-order valence-electron chi connectivity index (χ4n) is 2.26. The van der Waals surface area contributed by atoms with E-state index in [1.54, 1.807) is 20.3 Å². The first-order valence-corrected chi connectivity index (χ1v) is 8.62. The molecule has 0 saturated carbocycles. The Morgan fingerprint density at radius 1 is 1.28 bits per heavy atom. The SMILES string of the molecule is COc1ccc(CCNC(=O)/C(C#N)=C/c2sccc2C)cc1OC. The summed E-state index contributed by atoms with van der Waals surface area (Å²) in [4.78, 5) is 13.1. The Morgan fingerprint density at radius 2 is 2.04 bits per heavy atom. The number of methoxy groups -OCH3 is 2. The molecule has 2 aromatic rings. The first-order chi connectivity index (χ1) is 12.1. The van der Waals surface area contributed by atoms with Gasteiger partial charge in [0, 0.05) is 11.4 Å². The third-order valence-electron chi connectivity index (χ3n) is 3.69. The zero-order valence-corrected chi connectivity index (χ0v) is 15.3. The highest BCUT2D eigenvalue weighted by Gasteiger charge is 2.10. The van der Waals surface area contributed by atoms with Crippen LogP contribution in [0, 0.1) is 18.3 Å². The molecule has 1 aromatic carbocycles. The maximum Gasteiger partial charge on any atom is 0.261 e. The van der Waals surface area contributed by atoms with Gasteiger partial charge in [0.05, 0.1) is 14.2 Å². The molecule has 0 aliphatic heterocycles. The third-order valence-corrected chi connectivity index (χ3v) is 4.66. The van der Waals surface area contributed by atoms with Crippen LogP contribution in [0.15, 0.2) is 35.2 Å². The lowest BCUT2D eigenvalue weighted by Crippen LogP contribution is -2.26. The number of hydrogen-bond acceptors (Lipinski definition) is 5. The quantitative estimate of drug-likeness (QED) is 0.610. The van der Waals surface area contributed by atoms with E-state index in [9.17, 15) is 10.1 Å². The fraction of sp³-hybridized carbons (Fsp3) is 0.263. The highest BCUT2D eigenvalue weighted by molar-refractivity contribution is 7.11. The summed E-state index contributed by atoms with van der Waals surface area (Å²) in [6, 6.07) is 9.55. The van der Waals surface area contributed by atoms with E-state index in [2.05, 4.69) is 5.32 Å². The number of nitrogens with zero attached hydrogens (tertiary/aromatic N) is 1. The summed E-state index contributed by atoms with van der Waals surface area (Å²) in [5.41, 5.74) is 2.17. The van der Waals surface area contributed by atoms with E-state index in [0.717, 1.165) is 16.0 Å². The standard InChI is InChI=1S/C19H20N2O3S/c1-13-7-9-25-18(13)11-15(12-20)19(22)21-8-6-14-4-5-16(23-2)17(10-14)24-3/h4-5,7,9-11H,6,8H2,1-3H3,(H,21,22)/b15-11+. The van der Waals surface area contributed by atoms with Crippen molar-refractivity contribution in [2.24, 2.45) is 0 Å². The molecule has 0 unspecified atom stereocenters. The normalized spacial score (nSPS) is 10.9. The summed E-state index contributed by atoms with van der Waals surface area (Å²) >= 11 is 1.51. The average molecular weight is 356 g/mol. The summed E-state index contributed by atoms with van der Waals surface area (Å²) in [5, 5.41) is 13.9. The van der Waals surface area contributed by atoms with Crippen molar-refractivity contribution >= 4 is 23.3 Å². The second kappa shape index (κ2) is 8.90. The molecular formula is C19H20N2O3S. The summed E-state index contributed by atoms with van der Waals surface area (Å²) in [7, 11) is 3.17. The molecule has 0 aliphatic carbocycles. The van der Waals surface area contributed by atoms with Gasteiger partial charge in [-0.3, -0.25) is 4.79 Å². The predicted molar refractivity (Wildman–Crippen MR) is 98.9 cm³/mol. The molecular weight excluding hydrogens is 336 g/mol. The van der Waals surface area contributed by atoms with E-state index in [0.29, 0.717) is 24.5 Å². The van der Waals surface area contributed by atoms with Crippen LogP contribution in [-0.4, -0.2) is 26.7 Å². The molecule has 1 aromatic heterocycles. The average Bonchev–Trinajstić information content (AvgIpc) is 3.03. The van der Waals surface area contributed by atoms with Gasteiger partial charge in [-0.25, -0.2) is 0 Å². The molecule has 130 valence electrons. The summed E-state index contributed by atoms with van der Waals surface area (Å²) in [6.45, 7) is 2.38. The van der Waals surface area contributed by atoms with Crippen molar-refractivity contribution in [3.8, 4) is 17.6 Å². The maximum absolute atomic E-state index is 12.2. The molecule has 1 amide bonds. The van der Waals surface area contributed by atoms with Crippen LogP contribution in [0.1, 0.15) is 16.0 Å². The van der Waals surface area contributed by atoms with Crippen molar-refractivity contribution in [2.45, 2.75) is 13.3 Å². The zero-order chi connectivity index (χ0) is 18.2. The number of nitrogens with one attached hydrogen (secondary N) is 1. The van der Waals surface area contributed by atoms with Crippen LogP contribution in [0.2, 0.25) is 0 Å². The van der Waals surface area contributed by atoms with E-state index < -0.39 is 0 Å². The number of amides is 1.